The summed E-state index contributed by atoms with van der Waals surface area (Å²) in [6.07, 6.45) is 0.860. The fourth-order valence-electron chi connectivity index (χ4n) is 1.99. The molecule has 92 valence electrons. The molecule has 1 saturated heterocycles. The highest BCUT2D eigenvalue weighted by Crippen LogP contribution is 2.25. The van der Waals surface area contributed by atoms with E-state index >= 15 is 0 Å². The van der Waals surface area contributed by atoms with Crippen LogP contribution in [0.5, 0.6) is 0 Å². The van der Waals surface area contributed by atoms with Gasteiger partial charge in [-0.3, -0.25) is 0 Å². The summed E-state index contributed by atoms with van der Waals surface area (Å²) in [6.45, 7) is 0.232. The number of carboxylic acids is 1. The summed E-state index contributed by atoms with van der Waals surface area (Å²) in [5.74, 6) is -1.33. The third-order valence-corrected chi connectivity index (χ3v) is 4.75. The van der Waals surface area contributed by atoms with E-state index in [4.69, 9.17) is 0 Å². The maximum Gasteiger partial charge on any atom is 0.243 e. The number of hydrogen-bond acceptors (Lipinski definition) is 4. The fourth-order valence-corrected chi connectivity index (χ4v) is 3.66. The molecule has 0 amide bonds. The molecule has 0 radical (unpaired) electrons. The van der Waals surface area contributed by atoms with Crippen LogP contribution in [0, 0.1) is 0 Å². The van der Waals surface area contributed by atoms with Crippen LogP contribution in [0.2, 0.25) is 0 Å². The highest BCUT2D eigenvalue weighted by Gasteiger charge is 2.35. The number of carbonyl (C=O) groups excluding carboxylic acids is 1. The summed E-state index contributed by atoms with van der Waals surface area (Å²) in [7, 11) is -3.72. The van der Waals surface area contributed by atoms with Crippen LogP contribution in [0.25, 0.3) is 0 Å². The Hall–Kier alpha value is -1.40. The van der Waals surface area contributed by atoms with E-state index in [1.807, 2.05) is 0 Å². The molecule has 1 aliphatic heterocycles. The second kappa shape index (κ2) is 4.46. The van der Waals surface area contributed by atoms with E-state index in [9.17, 15) is 18.3 Å². The minimum atomic E-state index is -3.72. The zero-order valence-corrected chi connectivity index (χ0v) is 9.89. The van der Waals surface area contributed by atoms with Gasteiger partial charge in [-0.05, 0) is 25.0 Å². The Morgan fingerprint density at radius 3 is 2.53 bits per heavy atom. The summed E-state index contributed by atoms with van der Waals surface area (Å²) in [5.41, 5.74) is 0. The number of carboxylic acid groups (broad SMARTS) is 1. The Kier molecular flexibility index (Phi) is 3.17. The van der Waals surface area contributed by atoms with Gasteiger partial charge < -0.3 is 9.90 Å². The number of benzene rings is 1. The van der Waals surface area contributed by atoms with Crippen LogP contribution >= 0.6 is 0 Å². The maximum atomic E-state index is 12.2. The van der Waals surface area contributed by atoms with Crippen molar-refractivity contribution in [3.8, 4) is 0 Å². The van der Waals surface area contributed by atoms with Crippen molar-refractivity contribution < 1.29 is 18.3 Å². The molecule has 1 aromatic carbocycles. The van der Waals surface area contributed by atoms with Gasteiger partial charge in [0.2, 0.25) is 10.0 Å². The zero-order valence-electron chi connectivity index (χ0n) is 9.07. The Labute approximate surface area is 99.7 Å². The van der Waals surface area contributed by atoms with E-state index in [0.717, 1.165) is 4.31 Å². The van der Waals surface area contributed by atoms with Crippen molar-refractivity contribution in [2.24, 2.45) is 0 Å². The number of carbonyl (C=O) groups is 1. The Morgan fingerprint density at radius 2 is 1.94 bits per heavy atom. The Bertz CT molecular complexity index is 512. The van der Waals surface area contributed by atoms with Gasteiger partial charge in [-0.15, -0.1) is 0 Å². The third kappa shape index (κ3) is 2.18. The number of sulfonamides is 1. The second-order valence-corrected chi connectivity index (χ2v) is 5.80. The average molecular weight is 254 g/mol. The fraction of sp³-hybridized carbons (Fsp3) is 0.364. The van der Waals surface area contributed by atoms with Gasteiger partial charge in [0.1, 0.15) is 0 Å². The van der Waals surface area contributed by atoms with Crippen LogP contribution in [0.15, 0.2) is 35.2 Å². The van der Waals surface area contributed by atoms with Crippen LogP contribution in [0.3, 0.4) is 0 Å². The monoisotopic (exact) mass is 254 g/mol. The number of nitrogens with zero attached hydrogens (tertiary/aromatic N) is 1. The summed E-state index contributed by atoms with van der Waals surface area (Å²) >= 11 is 0. The van der Waals surface area contributed by atoms with Crippen molar-refractivity contribution in [1.29, 1.82) is 0 Å². The van der Waals surface area contributed by atoms with Crippen LogP contribution in [0.1, 0.15) is 12.8 Å². The van der Waals surface area contributed by atoms with Crippen molar-refractivity contribution >= 4 is 16.0 Å². The topological polar surface area (TPSA) is 77.5 Å². The Morgan fingerprint density at radius 1 is 1.29 bits per heavy atom. The first-order valence-corrected chi connectivity index (χ1v) is 6.75. The maximum absolute atomic E-state index is 12.2. The van der Waals surface area contributed by atoms with E-state index in [-0.39, 0.29) is 11.4 Å². The lowest BCUT2D eigenvalue weighted by Gasteiger charge is -2.24. The van der Waals surface area contributed by atoms with Crippen LogP contribution < -0.4 is 5.11 Å². The SMILES string of the molecule is O=C([O-])[C@H]1CCCN1S(=O)(=O)c1ccccc1. The molecule has 0 spiro atoms. The van der Waals surface area contributed by atoms with E-state index in [1.54, 1.807) is 18.2 Å². The van der Waals surface area contributed by atoms with Gasteiger partial charge in [0, 0.05) is 6.54 Å². The first-order chi connectivity index (χ1) is 8.03. The largest absolute Gasteiger partial charge is 0.548 e. The molecule has 2 rings (SSSR count). The molecule has 6 heteroatoms. The molecule has 1 atom stereocenters. The zero-order chi connectivity index (χ0) is 12.5. The highest BCUT2D eigenvalue weighted by molar-refractivity contribution is 7.89. The predicted molar refractivity (Wildman–Crippen MR) is 58.4 cm³/mol. The van der Waals surface area contributed by atoms with Gasteiger partial charge in [0.05, 0.1) is 16.9 Å². The van der Waals surface area contributed by atoms with Crippen molar-refractivity contribution in [2.75, 3.05) is 6.54 Å². The van der Waals surface area contributed by atoms with E-state index < -0.39 is 22.0 Å². The molecule has 1 heterocycles. The highest BCUT2D eigenvalue weighted by atomic mass is 32.2. The summed E-state index contributed by atoms with van der Waals surface area (Å²) in [6, 6.07) is 6.80. The quantitative estimate of drug-likeness (QED) is 0.734. The Balaban J connectivity index is 2.37. The smallest absolute Gasteiger partial charge is 0.243 e. The lowest BCUT2D eigenvalue weighted by atomic mass is 10.2. The minimum absolute atomic E-state index is 0.119. The average Bonchev–Trinajstić information content (AvgIpc) is 2.80. The summed E-state index contributed by atoms with van der Waals surface area (Å²) < 4.78 is 25.4. The van der Waals surface area contributed by atoms with Gasteiger partial charge >= 0.3 is 0 Å². The van der Waals surface area contributed by atoms with Crippen LogP contribution in [0.4, 0.5) is 0 Å². The standard InChI is InChI=1S/C11H13NO4S/c13-11(14)10-7-4-8-12(10)17(15,16)9-5-2-1-3-6-9/h1-3,5-6,10H,4,7-8H2,(H,13,14)/p-1/t10-/m1/s1. The molecule has 0 unspecified atom stereocenters. The molecule has 1 fully saturated rings. The van der Waals surface area contributed by atoms with Crippen molar-refractivity contribution in [1.82, 2.24) is 4.31 Å². The van der Waals surface area contributed by atoms with E-state index in [2.05, 4.69) is 0 Å². The molecule has 1 aliphatic rings. The van der Waals surface area contributed by atoms with Crippen LogP contribution in [-0.2, 0) is 14.8 Å². The molecule has 0 saturated carbocycles. The second-order valence-electron chi connectivity index (χ2n) is 3.91. The molecule has 0 bridgehead atoms. The molecule has 0 N–H and O–H groups in total. The summed E-state index contributed by atoms with van der Waals surface area (Å²) in [5, 5.41) is 10.9. The van der Waals surface area contributed by atoms with Crippen molar-refractivity contribution in [2.45, 2.75) is 23.8 Å². The number of hydrogen-bond donors (Lipinski definition) is 0. The minimum Gasteiger partial charge on any atom is -0.548 e. The van der Waals surface area contributed by atoms with Gasteiger partial charge in [-0.2, -0.15) is 4.31 Å². The van der Waals surface area contributed by atoms with Crippen molar-refractivity contribution in [3.05, 3.63) is 30.3 Å². The molecule has 17 heavy (non-hydrogen) atoms. The molecular weight excluding hydrogens is 242 g/mol. The number of aliphatic carboxylic acids is 1. The molecular formula is C11H12NO4S-. The first kappa shape index (κ1) is 12.1. The number of rotatable bonds is 3. The normalized spacial score (nSPS) is 21.5. The molecule has 0 aromatic heterocycles. The molecule has 5 nitrogen and oxygen atoms in total. The van der Waals surface area contributed by atoms with Crippen molar-refractivity contribution in [3.63, 3.8) is 0 Å². The first-order valence-electron chi connectivity index (χ1n) is 5.31. The third-order valence-electron chi connectivity index (χ3n) is 2.83. The van der Waals surface area contributed by atoms with Gasteiger partial charge in [-0.1, -0.05) is 18.2 Å². The molecule has 1 aromatic rings. The van der Waals surface area contributed by atoms with Crippen LogP contribution in [-0.4, -0.2) is 31.3 Å². The lowest BCUT2D eigenvalue weighted by Crippen LogP contribution is -2.46. The van der Waals surface area contributed by atoms with Gasteiger partial charge in [-0.25, -0.2) is 8.42 Å². The summed E-state index contributed by atoms with van der Waals surface area (Å²) in [4.78, 5) is 11.0. The predicted octanol–water partition coefficient (Wildman–Crippen LogP) is -0.410. The van der Waals surface area contributed by atoms with Gasteiger partial charge in [0.25, 0.3) is 0 Å². The molecule has 0 aliphatic carbocycles. The van der Waals surface area contributed by atoms with E-state index in [0.29, 0.717) is 12.8 Å². The lowest BCUT2D eigenvalue weighted by molar-refractivity contribution is -0.309. The van der Waals surface area contributed by atoms with E-state index in [1.165, 1.54) is 12.1 Å². The van der Waals surface area contributed by atoms with Gasteiger partial charge in [0.15, 0.2) is 0 Å².